The summed E-state index contributed by atoms with van der Waals surface area (Å²) in [4.78, 5) is 137. The zero-order chi connectivity index (χ0) is 62.2. The molecule has 0 aliphatic heterocycles. The molecule has 14 N–H and O–H groups in total. The van der Waals surface area contributed by atoms with Crippen molar-refractivity contribution >= 4 is 59.2 Å². The second kappa shape index (κ2) is 32.9. The normalized spacial score (nSPS) is 13.9. The summed E-state index contributed by atoms with van der Waals surface area (Å²) in [7, 11) is 0. The van der Waals surface area contributed by atoms with Gasteiger partial charge in [0.2, 0.25) is 47.3 Å². The molecule has 0 aliphatic carbocycles. The number of hydrogen-bond donors (Lipinski definition) is 13. The van der Waals surface area contributed by atoms with Gasteiger partial charge in [-0.25, -0.2) is 4.79 Å². The van der Waals surface area contributed by atoms with Crippen molar-refractivity contribution < 1.29 is 68.4 Å². The summed E-state index contributed by atoms with van der Waals surface area (Å²) in [6.45, 7) is 6.08. The highest BCUT2D eigenvalue weighted by atomic mass is 16.4. The topological polar surface area (TPSA) is 374 Å². The van der Waals surface area contributed by atoms with Crippen LogP contribution in [0.5, 0.6) is 11.5 Å². The van der Waals surface area contributed by atoms with E-state index >= 15 is 0 Å². The summed E-state index contributed by atoms with van der Waals surface area (Å²) in [5, 5.41) is 60.3. The highest BCUT2D eigenvalue weighted by Crippen LogP contribution is 2.16. The Hall–Kier alpha value is -9.64. The Bertz CT molecular complexity index is 3060. The Morgan fingerprint density at radius 3 is 1.09 bits per heavy atom. The number of nitrogens with two attached hydrogens (primary N) is 1. The molecule has 0 spiro atoms. The molecule has 5 aromatic carbocycles. The molecule has 8 amide bonds. The van der Waals surface area contributed by atoms with Crippen molar-refractivity contribution in [3.63, 3.8) is 0 Å². The summed E-state index contributed by atoms with van der Waals surface area (Å²) in [6.07, 6.45) is -1.61. The van der Waals surface area contributed by atoms with Crippen LogP contribution in [0.3, 0.4) is 0 Å². The largest absolute Gasteiger partial charge is 0.508 e. The molecule has 85 heavy (non-hydrogen) atoms. The van der Waals surface area contributed by atoms with Crippen molar-refractivity contribution in [2.75, 3.05) is 6.54 Å². The molecule has 23 nitrogen and oxygen atoms in total. The first-order valence-corrected chi connectivity index (χ1v) is 27.7. The van der Waals surface area contributed by atoms with Gasteiger partial charge in [-0.2, -0.15) is 0 Å². The third-order valence-electron chi connectivity index (χ3n) is 13.5. The van der Waals surface area contributed by atoms with Crippen LogP contribution < -0.4 is 48.3 Å². The van der Waals surface area contributed by atoms with Gasteiger partial charge in [0.15, 0.2) is 0 Å². The van der Waals surface area contributed by atoms with E-state index in [9.17, 15) is 68.4 Å². The van der Waals surface area contributed by atoms with Gasteiger partial charge in [0, 0.05) is 25.7 Å². The number of carboxylic acids is 2. The first kappa shape index (κ1) is 66.2. The predicted octanol–water partition coefficient (Wildman–Crippen LogP) is 1.71. The van der Waals surface area contributed by atoms with Gasteiger partial charge in [-0.15, -0.1) is 0 Å². The van der Waals surface area contributed by atoms with Crippen LogP contribution >= 0.6 is 0 Å². The molecule has 5 rings (SSSR count). The van der Waals surface area contributed by atoms with E-state index in [4.69, 9.17) is 5.73 Å². The van der Waals surface area contributed by atoms with E-state index in [-0.39, 0.29) is 55.9 Å². The second-order valence-corrected chi connectivity index (χ2v) is 21.4. The van der Waals surface area contributed by atoms with Gasteiger partial charge in [0.05, 0.1) is 19.0 Å². The van der Waals surface area contributed by atoms with Crippen LogP contribution in [-0.4, -0.2) is 135 Å². The number of amides is 8. The number of aromatic hydroxyl groups is 2. The van der Waals surface area contributed by atoms with Gasteiger partial charge in [0.1, 0.15) is 53.8 Å². The average Bonchev–Trinajstić information content (AvgIpc) is 3.67. The van der Waals surface area contributed by atoms with Crippen LogP contribution in [0.1, 0.15) is 68.4 Å². The summed E-state index contributed by atoms with van der Waals surface area (Å²) < 4.78 is 0. The lowest BCUT2D eigenvalue weighted by Gasteiger charge is -2.28. The number of phenols is 2. The van der Waals surface area contributed by atoms with Gasteiger partial charge in [-0.05, 0) is 76.8 Å². The summed E-state index contributed by atoms with van der Waals surface area (Å²) in [5.74, 6) is -10.8. The highest BCUT2D eigenvalue weighted by molar-refractivity contribution is 5.99. The molecule has 5 aromatic rings. The summed E-state index contributed by atoms with van der Waals surface area (Å²) in [6, 6.07) is 25.7. The second-order valence-electron chi connectivity index (χ2n) is 21.4. The minimum atomic E-state index is -1.81. The number of nitrogens with one attached hydrogen (secondary N) is 8. The Morgan fingerprint density at radius 2 is 0.729 bits per heavy atom. The minimum absolute atomic E-state index is 0.0702. The Morgan fingerprint density at radius 1 is 0.400 bits per heavy atom. The van der Waals surface area contributed by atoms with Gasteiger partial charge < -0.3 is 68.7 Å². The van der Waals surface area contributed by atoms with E-state index < -0.39 is 126 Å². The van der Waals surface area contributed by atoms with E-state index in [0.29, 0.717) is 22.3 Å². The van der Waals surface area contributed by atoms with Gasteiger partial charge >= 0.3 is 11.9 Å². The molecule has 0 heterocycles. The number of rotatable bonds is 32. The van der Waals surface area contributed by atoms with Crippen molar-refractivity contribution in [1.29, 1.82) is 0 Å². The van der Waals surface area contributed by atoms with Crippen molar-refractivity contribution in [2.45, 2.75) is 121 Å². The third kappa shape index (κ3) is 22.6. The molecule has 0 bridgehead atoms. The lowest BCUT2D eigenvalue weighted by atomic mass is 9.99. The Balaban J connectivity index is 1.44. The smallest absolute Gasteiger partial charge is 0.326 e. The molecule has 0 aliphatic rings. The fourth-order valence-corrected chi connectivity index (χ4v) is 8.99. The Kier molecular flexibility index (Phi) is 25.6. The molecular weight excluding hydrogens is 1090 g/mol. The SMILES string of the molecule is CC(C)C[C@H](NC(=O)[C@@H](N)Cc1ccccc1)C(=O)N[C@@H](CC(=O)O)C(=O)N[C@@H](Cc1ccccc1)C(=O)N[C@@H](Cc1ccc(O)cc1)C(=O)N[C@@H](Cc1ccccc1)C(=O)N[C@@H](Cc1ccc(O)cc1)C(=O)NCC(=O)N[C@H](C(=O)O)C(C)C. The van der Waals surface area contributed by atoms with Gasteiger partial charge in [-0.1, -0.05) is 143 Å². The van der Waals surface area contributed by atoms with Crippen LogP contribution in [0.4, 0.5) is 0 Å². The number of carboxylic acid groups (broad SMARTS) is 2. The molecule has 0 radical (unpaired) electrons. The van der Waals surface area contributed by atoms with Crippen LogP contribution in [0.2, 0.25) is 0 Å². The summed E-state index contributed by atoms with van der Waals surface area (Å²) in [5.41, 5.74) is 8.94. The third-order valence-corrected chi connectivity index (χ3v) is 13.5. The number of carbonyl (C=O) groups is 10. The molecule has 23 heteroatoms. The number of carbonyl (C=O) groups excluding carboxylic acids is 8. The molecular formula is C62H75N9O14. The highest BCUT2D eigenvalue weighted by Gasteiger charge is 2.36. The van der Waals surface area contributed by atoms with Crippen LogP contribution in [0.15, 0.2) is 140 Å². The molecule has 0 unspecified atom stereocenters. The van der Waals surface area contributed by atoms with E-state index in [1.54, 1.807) is 119 Å². The molecule has 452 valence electrons. The quantitative estimate of drug-likeness (QED) is 0.0292. The number of phenolic OH excluding ortho intramolecular Hbond substituents is 2. The zero-order valence-electron chi connectivity index (χ0n) is 47.7. The number of aliphatic carboxylic acids is 2. The fraction of sp³-hybridized carbons (Fsp3) is 0.355. The Labute approximate surface area is 492 Å². The van der Waals surface area contributed by atoms with Crippen LogP contribution in [0, 0.1) is 11.8 Å². The number of benzene rings is 5. The monoisotopic (exact) mass is 1170 g/mol. The zero-order valence-corrected chi connectivity index (χ0v) is 47.7. The number of hydrogen-bond acceptors (Lipinski definition) is 13. The fourth-order valence-electron chi connectivity index (χ4n) is 8.99. The molecule has 0 fully saturated rings. The van der Waals surface area contributed by atoms with Crippen molar-refractivity contribution in [3.05, 3.63) is 167 Å². The van der Waals surface area contributed by atoms with Gasteiger partial charge in [-0.3, -0.25) is 43.2 Å². The molecule has 0 saturated carbocycles. The first-order chi connectivity index (χ1) is 40.4. The lowest BCUT2D eigenvalue weighted by molar-refractivity contribution is -0.143. The molecule has 0 aromatic heterocycles. The maximum atomic E-state index is 14.9. The van der Waals surface area contributed by atoms with Crippen molar-refractivity contribution in [1.82, 2.24) is 42.5 Å². The lowest BCUT2D eigenvalue weighted by Crippen LogP contribution is -2.61. The van der Waals surface area contributed by atoms with Crippen LogP contribution in [-0.2, 0) is 80.0 Å². The van der Waals surface area contributed by atoms with E-state index in [1.807, 2.05) is 0 Å². The predicted molar refractivity (Wildman–Crippen MR) is 313 cm³/mol. The maximum Gasteiger partial charge on any atom is 0.326 e. The van der Waals surface area contributed by atoms with E-state index in [0.717, 1.165) is 5.56 Å². The van der Waals surface area contributed by atoms with Crippen molar-refractivity contribution in [2.24, 2.45) is 17.6 Å². The van der Waals surface area contributed by atoms with Gasteiger partial charge in [0.25, 0.3) is 0 Å². The molecule has 8 atom stereocenters. The van der Waals surface area contributed by atoms with Crippen molar-refractivity contribution in [3.8, 4) is 11.5 Å². The van der Waals surface area contributed by atoms with E-state index in [2.05, 4.69) is 42.5 Å². The maximum absolute atomic E-state index is 14.9. The van der Waals surface area contributed by atoms with Crippen LogP contribution in [0.25, 0.3) is 0 Å². The summed E-state index contributed by atoms with van der Waals surface area (Å²) >= 11 is 0. The first-order valence-electron chi connectivity index (χ1n) is 27.7. The standard InChI is InChI=1S/C62H75N9O14/c1-36(2)28-46(65-55(77)45(63)29-38-14-8-5-9-15-38)57(79)70-51(34-53(75)76)61(83)69-49(31-40-18-12-7-13-19-40)59(81)68-50(33-42-22-26-44(73)27-23-42)60(82)67-48(30-39-16-10-6-11-17-39)58(80)66-47(32-41-20-24-43(72)25-21-41)56(78)64-35-52(74)71-54(37(3)4)62(84)85/h5-27,36-37,45-51,54,72-73H,28-35,63H2,1-4H3,(H,64,78)(H,65,77)(H,66,80)(H,67,82)(H,68,81)(H,69,83)(H,70,79)(H,71,74)(H,75,76)(H,84,85)/t45-,46-,47-,48-,49-,50-,51-,54-/m0/s1. The molecule has 0 saturated heterocycles. The average molecular weight is 1170 g/mol. The van der Waals surface area contributed by atoms with E-state index in [1.165, 1.54) is 48.5 Å². The minimum Gasteiger partial charge on any atom is -0.508 e.